The molecule has 0 aliphatic heterocycles. The molecule has 2 fully saturated rings. The summed E-state index contributed by atoms with van der Waals surface area (Å²) >= 11 is 0. The van der Waals surface area contributed by atoms with Crippen molar-refractivity contribution in [1.29, 1.82) is 0 Å². The average Bonchev–Trinajstić information content (AvgIpc) is 2.60. The molecule has 134 valence electrons. The van der Waals surface area contributed by atoms with Gasteiger partial charge in [0.15, 0.2) is 0 Å². The molecule has 2 saturated carbocycles. The summed E-state index contributed by atoms with van der Waals surface area (Å²) in [5.41, 5.74) is 0. The van der Waals surface area contributed by atoms with E-state index in [0.717, 1.165) is 23.7 Å². The summed E-state index contributed by atoms with van der Waals surface area (Å²) in [4.78, 5) is 0. The summed E-state index contributed by atoms with van der Waals surface area (Å²) < 4.78 is 12.1. The fourth-order valence-corrected chi connectivity index (χ4v) is 4.97. The van der Waals surface area contributed by atoms with Gasteiger partial charge in [-0.25, -0.2) is 0 Å². The third kappa shape index (κ3) is 6.98. The molecule has 2 rings (SSSR count). The molecular formula is C22H39F. The van der Waals surface area contributed by atoms with Crippen LogP contribution in [0, 0.1) is 23.7 Å². The normalized spacial score (nSPS) is 32.4. The summed E-state index contributed by atoms with van der Waals surface area (Å²) in [5, 5.41) is 0. The van der Waals surface area contributed by atoms with E-state index in [-0.39, 0.29) is 6.67 Å². The van der Waals surface area contributed by atoms with Gasteiger partial charge >= 0.3 is 0 Å². The largest absolute Gasteiger partial charge is 0.251 e. The molecule has 0 heterocycles. The molecule has 0 saturated heterocycles. The Hall–Kier alpha value is -0.330. The fourth-order valence-electron chi connectivity index (χ4n) is 4.97. The SMILES string of the molecule is CCCCCCC1CCC(C2CCC(/C=C/CCF)CC2)CC1. The van der Waals surface area contributed by atoms with Crippen LogP contribution in [0.2, 0.25) is 0 Å². The van der Waals surface area contributed by atoms with Crippen molar-refractivity contribution in [2.24, 2.45) is 23.7 Å². The highest BCUT2D eigenvalue weighted by atomic mass is 19.1. The van der Waals surface area contributed by atoms with Crippen molar-refractivity contribution in [3.8, 4) is 0 Å². The lowest BCUT2D eigenvalue weighted by Gasteiger charge is -2.37. The van der Waals surface area contributed by atoms with Crippen LogP contribution in [0.3, 0.4) is 0 Å². The molecule has 0 radical (unpaired) electrons. The minimum Gasteiger partial charge on any atom is -0.251 e. The zero-order valence-electron chi connectivity index (χ0n) is 15.4. The number of rotatable bonds is 9. The van der Waals surface area contributed by atoms with Crippen molar-refractivity contribution >= 4 is 0 Å². The molecule has 0 aromatic rings. The van der Waals surface area contributed by atoms with Crippen LogP contribution in [0.15, 0.2) is 12.2 Å². The van der Waals surface area contributed by atoms with Gasteiger partial charge in [-0.05, 0) is 68.6 Å². The molecule has 0 N–H and O–H groups in total. The Morgan fingerprint density at radius 1 is 0.826 bits per heavy atom. The Balaban J connectivity index is 1.59. The number of hydrogen-bond donors (Lipinski definition) is 0. The first-order valence-corrected chi connectivity index (χ1v) is 10.6. The second-order valence-electron chi connectivity index (χ2n) is 8.21. The maximum Gasteiger partial charge on any atom is 0.0928 e. The zero-order chi connectivity index (χ0) is 16.3. The third-order valence-corrected chi connectivity index (χ3v) is 6.52. The van der Waals surface area contributed by atoms with Crippen LogP contribution >= 0.6 is 0 Å². The number of alkyl halides is 1. The molecular weight excluding hydrogens is 283 g/mol. The van der Waals surface area contributed by atoms with E-state index in [9.17, 15) is 4.39 Å². The Kier molecular flexibility index (Phi) is 9.31. The predicted molar refractivity (Wildman–Crippen MR) is 99.4 cm³/mol. The van der Waals surface area contributed by atoms with E-state index in [1.165, 1.54) is 83.5 Å². The third-order valence-electron chi connectivity index (χ3n) is 6.52. The van der Waals surface area contributed by atoms with Crippen molar-refractivity contribution < 1.29 is 4.39 Å². The van der Waals surface area contributed by atoms with Crippen molar-refractivity contribution in [1.82, 2.24) is 0 Å². The van der Waals surface area contributed by atoms with E-state index in [1.54, 1.807) is 0 Å². The monoisotopic (exact) mass is 322 g/mol. The van der Waals surface area contributed by atoms with E-state index >= 15 is 0 Å². The summed E-state index contributed by atoms with van der Waals surface area (Å²) in [6, 6.07) is 0. The summed E-state index contributed by atoms with van der Waals surface area (Å²) in [6.07, 6.45) is 23.8. The molecule has 0 nitrogen and oxygen atoms in total. The topological polar surface area (TPSA) is 0 Å². The van der Waals surface area contributed by atoms with Gasteiger partial charge in [0.2, 0.25) is 0 Å². The highest BCUT2D eigenvalue weighted by Gasteiger charge is 2.30. The van der Waals surface area contributed by atoms with Crippen LogP contribution in [-0.4, -0.2) is 6.67 Å². The average molecular weight is 323 g/mol. The first kappa shape index (κ1) is 19.0. The molecule has 0 aromatic carbocycles. The molecule has 0 atom stereocenters. The minimum atomic E-state index is -0.201. The van der Waals surface area contributed by atoms with E-state index in [4.69, 9.17) is 0 Å². The Labute approximate surface area is 144 Å². The van der Waals surface area contributed by atoms with Crippen LogP contribution in [0.5, 0.6) is 0 Å². The summed E-state index contributed by atoms with van der Waals surface area (Å²) in [7, 11) is 0. The first-order valence-electron chi connectivity index (χ1n) is 10.6. The molecule has 23 heavy (non-hydrogen) atoms. The Morgan fingerprint density at radius 2 is 1.48 bits per heavy atom. The molecule has 0 amide bonds. The van der Waals surface area contributed by atoms with Crippen molar-refractivity contribution in [3.05, 3.63) is 12.2 Å². The van der Waals surface area contributed by atoms with Gasteiger partial charge in [0.05, 0.1) is 6.67 Å². The van der Waals surface area contributed by atoms with Crippen LogP contribution in [0.1, 0.15) is 96.8 Å². The van der Waals surface area contributed by atoms with E-state index in [1.807, 2.05) is 0 Å². The Morgan fingerprint density at radius 3 is 2.09 bits per heavy atom. The maximum absolute atomic E-state index is 12.1. The maximum atomic E-state index is 12.1. The summed E-state index contributed by atoms with van der Waals surface area (Å²) in [6.45, 7) is 2.10. The van der Waals surface area contributed by atoms with Crippen molar-refractivity contribution in [2.45, 2.75) is 96.8 Å². The van der Waals surface area contributed by atoms with Crippen LogP contribution < -0.4 is 0 Å². The minimum absolute atomic E-state index is 0.201. The van der Waals surface area contributed by atoms with Gasteiger partial charge in [-0.15, -0.1) is 0 Å². The standard InChI is InChI=1S/C22H39F/c1-2-3-4-5-8-19-10-14-21(15-11-19)22-16-12-20(13-17-22)9-6-7-18-23/h6,9,19-22H,2-5,7-8,10-18H2,1H3/b9-6+. The Bertz CT molecular complexity index is 306. The van der Waals surface area contributed by atoms with Gasteiger partial charge in [-0.1, -0.05) is 64.0 Å². The molecule has 2 aliphatic rings. The molecule has 0 unspecified atom stereocenters. The van der Waals surface area contributed by atoms with E-state index in [2.05, 4.69) is 19.1 Å². The van der Waals surface area contributed by atoms with Gasteiger partial charge in [0.1, 0.15) is 0 Å². The lowest BCUT2D eigenvalue weighted by Crippen LogP contribution is -2.25. The van der Waals surface area contributed by atoms with Gasteiger partial charge < -0.3 is 0 Å². The van der Waals surface area contributed by atoms with Crippen LogP contribution in [0.25, 0.3) is 0 Å². The van der Waals surface area contributed by atoms with Crippen LogP contribution in [0.4, 0.5) is 4.39 Å². The van der Waals surface area contributed by atoms with Gasteiger partial charge in [0.25, 0.3) is 0 Å². The van der Waals surface area contributed by atoms with E-state index < -0.39 is 0 Å². The molecule has 0 aromatic heterocycles. The second-order valence-corrected chi connectivity index (χ2v) is 8.21. The van der Waals surface area contributed by atoms with Gasteiger partial charge in [0, 0.05) is 0 Å². The molecule has 2 aliphatic carbocycles. The van der Waals surface area contributed by atoms with Crippen LogP contribution in [-0.2, 0) is 0 Å². The first-order chi connectivity index (χ1) is 11.3. The number of unbranched alkanes of at least 4 members (excludes halogenated alkanes) is 3. The smallest absolute Gasteiger partial charge is 0.0928 e. The number of halogens is 1. The van der Waals surface area contributed by atoms with Crippen molar-refractivity contribution in [2.75, 3.05) is 6.67 Å². The summed E-state index contributed by atoms with van der Waals surface area (Å²) in [5.74, 6) is 3.82. The highest BCUT2D eigenvalue weighted by molar-refractivity contribution is 4.92. The van der Waals surface area contributed by atoms with E-state index in [0.29, 0.717) is 6.42 Å². The number of allylic oxidation sites excluding steroid dienone is 2. The van der Waals surface area contributed by atoms with Gasteiger partial charge in [-0.3, -0.25) is 4.39 Å². The lowest BCUT2D eigenvalue weighted by atomic mass is 9.68. The molecule has 1 heteroatoms. The fraction of sp³-hybridized carbons (Fsp3) is 0.909. The second kappa shape index (κ2) is 11.3. The van der Waals surface area contributed by atoms with Crippen molar-refractivity contribution in [3.63, 3.8) is 0 Å². The van der Waals surface area contributed by atoms with Gasteiger partial charge in [-0.2, -0.15) is 0 Å². The molecule has 0 spiro atoms. The highest BCUT2D eigenvalue weighted by Crippen LogP contribution is 2.42. The molecule has 0 bridgehead atoms. The predicted octanol–water partition coefficient (Wildman–Crippen LogP) is 7.49. The zero-order valence-corrected chi connectivity index (χ0v) is 15.4. The number of hydrogen-bond acceptors (Lipinski definition) is 0. The lowest BCUT2D eigenvalue weighted by molar-refractivity contribution is 0.151. The quantitative estimate of drug-likeness (QED) is 0.305.